The molecule has 0 saturated carbocycles. The summed E-state index contributed by atoms with van der Waals surface area (Å²) in [5.41, 5.74) is 4.15. The van der Waals surface area contributed by atoms with Crippen LogP contribution in [-0.4, -0.2) is 27.7 Å². The summed E-state index contributed by atoms with van der Waals surface area (Å²) in [5.74, 6) is -0.275. The summed E-state index contributed by atoms with van der Waals surface area (Å²) in [6.07, 6.45) is 0. The lowest BCUT2D eigenvalue weighted by atomic mass is 10.1. The third-order valence-corrected chi connectivity index (χ3v) is 3.59. The van der Waals surface area contributed by atoms with Crippen LogP contribution >= 0.6 is 11.6 Å². The molecule has 7 heteroatoms. The van der Waals surface area contributed by atoms with Crippen molar-refractivity contribution < 1.29 is 9.63 Å². The average Bonchev–Trinajstić information content (AvgIpc) is 2.90. The molecule has 3 aromatic rings. The van der Waals surface area contributed by atoms with Crippen LogP contribution in [0, 0.1) is 13.8 Å². The zero-order valence-corrected chi connectivity index (χ0v) is 13.5. The number of nitrogens with zero attached hydrogens (tertiary/aromatic N) is 3. The van der Waals surface area contributed by atoms with Gasteiger partial charge in [-0.25, -0.2) is 0 Å². The van der Waals surface area contributed by atoms with Crippen LogP contribution in [0.1, 0.15) is 11.1 Å². The molecule has 1 heterocycles. The Labute approximate surface area is 138 Å². The van der Waals surface area contributed by atoms with Crippen molar-refractivity contribution in [3.63, 3.8) is 0 Å². The van der Waals surface area contributed by atoms with Crippen molar-refractivity contribution in [3.8, 4) is 0 Å². The minimum Gasteiger partial charge on any atom is -0.385 e. The zero-order valence-electron chi connectivity index (χ0n) is 12.7. The first-order valence-corrected chi connectivity index (χ1v) is 7.42. The van der Waals surface area contributed by atoms with E-state index < -0.39 is 0 Å². The van der Waals surface area contributed by atoms with Gasteiger partial charge in [0.2, 0.25) is 0 Å². The molecular formula is C16H15ClN4O2. The van der Waals surface area contributed by atoms with Crippen molar-refractivity contribution in [2.75, 3.05) is 11.9 Å². The smallest absolute Gasteiger partial charge is 0.265 e. The molecule has 1 amide bonds. The van der Waals surface area contributed by atoms with E-state index in [2.05, 4.69) is 15.6 Å². The number of benzene rings is 2. The summed E-state index contributed by atoms with van der Waals surface area (Å²) < 4.78 is 0. The van der Waals surface area contributed by atoms with E-state index in [0.29, 0.717) is 16.1 Å². The van der Waals surface area contributed by atoms with Gasteiger partial charge in [0.15, 0.2) is 6.61 Å². The van der Waals surface area contributed by atoms with Crippen molar-refractivity contribution in [1.82, 2.24) is 15.2 Å². The number of rotatable bonds is 4. The maximum atomic E-state index is 12.0. The number of anilines is 1. The van der Waals surface area contributed by atoms with Crippen LogP contribution in [0.15, 0.2) is 36.4 Å². The average molecular weight is 331 g/mol. The molecule has 23 heavy (non-hydrogen) atoms. The van der Waals surface area contributed by atoms with Crippen LogP contribution in [0.4, 0.5) is 5.69 Å². The van der Waals surface area contributed by atoms with Crippen LogP contribution in [0.3, 0.4) is 0 Å². The summed E-state index contributed by atoms with van der Waals surface area (Å²) >= 11 is 5.94. The largest absolute Gasteiger partial charge is 0.385 e. The molecule has 2 aromatic carbocycles. The molecule has 118 valence electrons. The normalized spacial score (nSPS) is 10.7. The number of aryl methyl sites for hydroxylation is 2. The molecule has 0 unspecified atom stereocenters. The lowest BCUT2D eigenvalue weighted by molar-refractivity contribution is -0.121. The molecule has 0 saturated heterocycles. The molecule has 1 aromatic heterocycles. The maximum absolute atomic E-state index is 12.0. The quantitative estimate of drug-likeness (QED) is 0.798. The van der Waals surface area contributed by atoms with Crippen molar-refractivity contribution >= 4 is 34.2 Å². The molecular weight excluding hydrogens is 316 g/mol. The Hall–Kier alpha value is -2.60. The first-order chi connectivity index (χ1) is 11.0. The number of carbonyl (C=O) groups excluding carboxylic acids is 1. The van der Waals surface area contributed by atoms with Crippen LogP contribution in [0.25, 0.3) is 11.0 Å². The molecule has 0 aliphatic heterocycles. The third-order valence-electron chi connectivity index (χ3n) is 3.35. The fourth-order valence-corrected chi connectivity index (χ4v) is 2.39. The lowest BCUT2D eigenvalue weighted by Crippen LogP contribution is -2.26. The predicted octanol–water partition coefficient (Wildman–Crippen LogP) is 2.77. The van der Waals surface area contributed by atoms with Crippen molar-refractivity contribution in [3.05, 3.63) is 52.5 Å². The topological polar surface area (TPSA) is 69.0 Å². The van der Waals surface area contributed by atoms with Crippen LogP contribution in [0.2, 0.25) is 5.02 Å². The highest BCUT2D eigenvalue weighted by Crippen LogP contribution is 2.17. The molecule has 3 rings (SSSR count). The van der Waals surface area contributed by atoms with Crippen molar-refractivity contribution in [1.29, 1.82) is 0 Å². The highest BCUT2D eigenvalue weighted by Gasteiger charge is 2.09. The van der Waals surface area contributed by atoms with Gasteiger partial charge < -0.3 is 10.2 Å². The number of hydrogen-bond acceptors (Lipinski definition) is 4. The van der Waals surface area contributed by atoms with Gasteiger partial charge in [-0.2, -0.15) is 0 Å². The second-order valence-electron chi connectivity index (χ2n) is 5.24. The van der Waals surface area contributed by atoms with E-state index >= 15 is 0 Å². The standard InChI is InChI=1S/C16H15ClN4O2/c1-10-3-5-13(11(2)7-10)18-16(22)9-23-21-15-8-12(17)4-6-14(15)19-20-21/h3-8H,9H2,1-2H3,(H,18,22). The molecule has 0 fully saturated rings. The van der Waals surface area contributed by atoms with Crippen LogP contribution < -0.4 is 10.2 Å². The van der Waals surface area contributed by atoms with E-state index in [1.165, 1.54) is 4.85 Å². The second kappa shape index (κ2) is 6.26. The Bertz CT molecular complexity index is 876. The van der Waals surface area contributed by atoms with E-state index in [-0.39, 0.29) is 12.5 Å². The van der Waals surface area contributed by atoms with Gasteiger partial charge in [-0.15, -0.1) is 5.10 Å². The molecule has 0 aliphatic carbocycles. The van der Waals surface area contributed by atoms with Gasteiger partial charge in [-0.3, -0.25) is 4.79 Å². The summed E-state index contributed by atoms with van der Waals surface area (Å²) in [6.45, 7) is 3.76. The van der Waals surface area contributed by atoms with Gasteiger partial charge in [-0.1, -0.05) is 34.1 Å². The first-order valence-electron chi connectivity index (χ1n) is 7.04. The van der Waals surface area contributed by atoms with Gasteiger partial charge in [-0.05, 0) is 48.9 Å². The Balaban J connectivity index is 1.67. The highest BCUT2D eigenvalue weighted by molar-refractivity contribution is 6.31. The van der Waals surface area contributed by atoms with Crippen LogP contribution in [-0.2, 0) is 4.79 Å². The van der Waals surface area contributed by atoms with E-state index in [9.17, 15) is 4.79 Å². The zero-order chi connectivity index (χ0) is 16.4. The number of hydrogen-bond donors (Lipinski definition) is 1. The number of aromatic nitrogens is 3. The first kappa shape index (κ1) is 15.3. The number of fused-ring (bicyclic) bond motifs is 1. The molecule has 0 spiro atoms. The summed E-state index contributed by atoms with van der Waals surface area (Å²) in [5, 5.41) is 11.1. The minimum absolute atomic E-state index is 0.182. The molecule has 0 atom stereocenters. The fraction of sp³-hybridized carbons (Fsp3) is 0.188. The van der Waals surface area contributed by atoms with Crippen molar-refractivity contribution in [2.24, 2.45) is 0 Å². The second-order valence-corrected chi connectivity index (χ2v) is 5.67. The summed E-state index contributed by atoms with van der Waals surface area (Å²) in [4.78, 5) is 18.6. The van der Waals surface area contributed by atoms with E-state index in [4.69, 9.17) is 16.4 Å². The molecule has 0 bridgehead atoms. The van der Waals surface area contributed by atoms with Crippen molar-refractivity contribution in [2.45, 2.75) is 13.8 Å². The van der Waals surface area contributed by atoms with Gasteiger partial charge in [0, 0.05) is 10.7 Å². The highest BCUT2D eigenvalue weighted by atomic mass is 35.5. The Kier molecular flexibility index (Phi) is 4.16. The number of carbonyl (C=O) groups is 1. The maximum Gasteiger partial charge on any atom is 0.265 e. The van der Waals surface area contributed by atoms with Crippen LogP contribution in [0.5, 0.6) is 0 Å². The lowest BCUT2D eigenvalue weighted by Gasteiger charge is -2.09. The third kappa shape index (κ3) is 3.43. The number of nitrogens with one attached hydrogen (secondary N) is 1. The van der Waals surface area contributed by atoms with Gasteiger partial charge in [0.25, 0.3) is 5.91 Å². The van der Waals surface area contributed by atoms with Gasteiger partial charge in [0.05, 0.1) is 0 Å². The molecule has 6 nitrogen and oxygen atoms in total. The molecule has 0 aliphatic rings. The van der Waals surface area contributed by atoms with E-state index in [1.807, 2.05) is 32.0 Å². The van der Waals surface area contributed by atoms with E-state index in [0.717, 1.165) is 16.8 Å². The van der Waals surface area contributed by atoms with E-state index in [1.54, 1.807) is 18.2 Å². The van der Waals surface area contributed by atoms with Gasteiger partial charge >= 0.3 is 0 Å². The summed E-state index contributed by atoms with van der Waals surface area (Å²) in [6, 6.07) is 10.9. The number of amides is 1. The Morgan fingerprint density at radius 2 is 2.09 bits per heavy atom. The molecule has 0 radical (unpaired) electrons. The Morgan fingerprint density at radius 3 is 2.87 bits per heavy atom. The predicted molar refractivity (Wildman–Crippen MR) is 88.5 cm³/mol. The SMILES string of the molecule is Cc1ccc(NC(=O)COn2nnc3ccc(Cl)cc32)c(C)c1. The summed E-state index contributed by atoms with van der Waals surface area (Å²) in [7, 11) is 0. The van der Waals surface area contributed by atoms with Gasteiger partial charge in [0.1, 0.15) is 11.0 Å². The monoisotopic (exact) mass is 330 g/mol. The molecule has 1 N–H and O–H groups in total. The Morgan fingerprint density at radius 1 is 1.26 bits per heavy atom. The fourth-order valence-electron chi connectivity index (χ4n) is 2.23. The minimum atomic E-state index is -0.275. The number of halogens is 1.